The largest absolute Gasteiger partial charge is 0.496 e. The molecule has 0 saturated carbocycles. The van der Waals surface area contributed by atoms with Crippen LogP contribution in [0.15, 0.2) is 42.5 Å². The van der Waals surface area contributed by atoms with Crippen LogP contribution in [0.3, 0.4) is 0 Å². The third-order valence-corrected chi connectivity index (χ3v) is 6.19. The number of carbonyl (C=O) groups excluding carboxylic acids is 1. The van der Waals surface area contributed by atoms with Crippen molar-refractivity contribution >= 4 is 44.8 Å². The van der Waals surface area contributed by atoms with Crippen LogP contribution in [0.2, 0.25) is 10.0 Å². The summed E-state index contributed by atoms with van der Waals surface area (Å²) in [5.41, 5.74) is 1.04. The minimum atomic E-state index is -3.76. The number of para-hydroxylation sites is 1. The lowest BCUT2D eigenvalue weighted by molar-refractivity contribution is -0.122. The van der Waals surface area contributed by atoms with Gasteiger partial charge in [0.1, 0.15) is 11.8 Å². The van der Waals surface area contributed by atoms with Gasteiger partial charge in [-0.3, -0.25) is 9.10 Å². The Bertz CT molecular complexity index is 966. The van der Waals surface area contributed by atoms with Crippen molar-refractivity contribution in [1.82, 2.24) is 5.32 Å². The van der Waals surface area contributed by atoms with Gasteiger partial charge in [-0.25, -0.2) is 8.42 Å². The Kier molecular flexibility index (Phi) is 7.20. The Labute approximate surface area is 175 Å². The molecule has 0 heterocycles. The van der Waals surface area contributed by atoms with E-state index in [0.717, 1.165) is 16.1 Å². The zero-order valence-corrected chi connectivity index (χ0v) is 18.3. The molecule has 0 aromatic heterocycles. The number of anilines is 1. The number of halogens is 2. The average molecular weight is 445 g/mol. The van der Waals surface area contributed by atoms with Crippen LogP contribution in [-0.4, -0.2) is 33.7 Å². The van der Waals surface area contributed by atoms with Gasteiger partial charge in [0.05, 0.1) is 35.1 Å². The Morgan fingerprint density at radius 1 is 1.11 bits per heavy atom. The SMILES string of the molecule is COc1ccccc1C(C)NC(=O)C(C)N(c1ccc(Cl)c(Cl)c1)S(C)(=O)=O. The van der Waals surface area contributed by atoms with Gasteiger partial charge in [0.25, 0.3) is 0 Å². The highest BCUT2D eigenvalue weighted by Crippen LogP contribution is 2.30. The molecule has 152 valence electrons. The zero-order chi connectivity index (χ0) is 21.1. The van der Waals surface area contributed by atoms with E-state index < -0.39 is 22.0 Å². The maximum Gasteiger partial charge on any atom is 0.244 e. The van der Waals surface area contributed by atoms with Crippen LogP contribution in [-0.2, 0) is 14.8 Å². The number of hydrogen-bond acceptors (Lipinski definition) is 4. The average Bonchev–Trinajstić information content (AvgIpc) is 2.63. The molecular formula is C19H22Cl2N2O4S. The minimum absolute atomic E-state index is 0.197. The molecule has 2 unspecified atom stereocenters. The number of amides is 1. The van der Waals surface area contributed by atoms with Crippen LogP contribution in [0.4, 0.5) is 5.69 Å². The zero-order valence-electron chi connectivity index (χ0n) is 15.9. The van der Waals surface area contributed by atoms with E-state index in [2.05, 4.69) is 5.32 Å². The van der Waals surface area contributed by atoms with Crippen molar-refractivity contribution in [2.75, 3.05) is 17.7 Å². The highest BCUT2D eigenvalue weighted by Gasteiger charge is 2.30. The monoisotopic (exact) mass is 444 g/mol. The molecule has 28 heavy (non-hydrogen) atoms. The number of carbonyl (C=O) groups is 1. The predicted molar refractivity (Wildman–Crippen MR) is 113 cm³/mol. The summed E-state index contributed by atoms with van der Waals surface area (Å²) in [5.74, 6) is 0.169. The predicted octanol–water partition coefficient (Wildman–Crippen LogP) is 4.03. The fourth-order valence-electron chi connectivity index (χ4n) is 2.87. The number of methoxy groups -OCH3 is 1. The van der Waals surface area contributed by atoms with Crippen LogP contribution in [0.25, 0.3) is 0 Å². The Morgan fingerprint density at radius 2 is 1.75 bits per heavy atom. The van der Waals surface area contributed by atoms with E-state index in [0.29, 0.717) is 10.8 Å². The van der Waals surface area contributed by atoms with Gasteiger partial charge in [0.2, 0.25) is 15.9 Å². The molecule has 9 heteroatoms. The molecule has 0 aliphatic heterocycles. The molecule has 0 spiro atoms. The molecule has 0 aliphatic carbocycles. The summed E-state index contributed by atoms with van der Waals surface area (Å²) in [4.78, 5) is 12.8. The second-order valence-corrected chi connectivity index (χ2v) is 8.98. The Balaban J connectivity index is 2.30. The number of sulfonamides is 1. The molecule has 0 aliphatic rings. The Morgan fingerprint density at radius 3 is 2.32 bits per heavy atom. The van der Waals surface area contributed by atoms with Gasteiger partial charge in [-0.1, -0.05) is 41.4 Å². The standard InChI is InChI=1S/C19H22Cl2N2O4S/c1-12(15-7-5-6-8-18(15)27-3)22-19(24)13(2)23(28(4,25)26)14-9-10-16(20)17(21)11-14/h5-13H,1-4H3,(H,22,24). The van der Waals surface area contributed by atoms with Crippen molar-refractivity contribution in [3.05, 3.63) is 58.1 Å². The number of ether oxygens (including phenoxy) is 1. The fraction of sp³-hybridized carbons (Fsp3) is 0.316. The van der Waals surface area contributed by atoms with Crippen molar-refractivity contribution in [2.24, 2.45) is 0 Å². The lowest BCUT2D eigenvalue weighted by Gasteiger charge is -2.29. The van der Waals surface area contributed by atoms with Crippen molar-refractivity contribution in [3.8, 4) is 5.75 Å². The number of rotatable bonds is 7. The molecule has 0 saturated heterocycles. The second-order valence-electron chi connectivity index (χ2n) is 6.31. The molecule has 0 bridgehead atoms. The van der Waals surface area contributed by atoms with Crippen molar-refractivity contribution in [2.45, 2.75) is 25.9 Å². The minimum Gasteiger partial charge on any atom is -0.496 e. The van der Waals surface area contributed by atoms with Crippen molar-refractivity contribution in [1.29, 1.82) is 0 Å². The van der Waals surface area contributed by atoms with Crippen LogP contribution in [0, 0.1) is 0 Å². The van der Waals surface area contributed by atoms with Gasteiger partial charge < -0.3 is 10.1 Å². The van der Waals surface area contributed by atoms with Gasteiger partial charge in [-0.05, 0) is 38.1 Å². The van der Waals surface area contributed by atoms with Gasteiger partial charge >= 0.3 is 0 Å². The summed E-state index contributed by atoms with van der Waals surface area (Å²) >= 11 is 11.9. The lowest BCUT2D eigenvalue weighted by atomic mass is 10.1. The maximum atomic E-state index is 12.8. The first kappa shape index (κ1) is 22.3. The van der Waals surface area contributed by atoms with Gasteiger partial charge in [-0.15, -0.1) is 0 Å². The summed E-state index contributed by atoms with van der Waals surface area (Å²) in [5, 5.41) is 3.32. The molecule has 2 atom stereocenters. The first-order chi connectivity index (χ1) is 13.1. The number of nitrogens with one attached hydrogen (secondary N) is 1. The topological polar surface area (TPSA) is 75.7 Å². The van der Waals surface area contributed by atoms with Crippen LogP contribution in [0.5, 0.6) is 5.75 Å². The molecule has 2 aromatic carbocycles. The smallest absolute Gasteiger partial charge is 0.244 e. The maximum absolute atomic E-state index is 12.8. The first-order valence-corrected chi connectivity index (χ1v) is 11.0. The normalized spacial score (nSPS) is 13.5. The van der Waals surface area contributed by atoms with Crippen molar-refractivity contribution < 1.29 is 17.9 Å². The summed E-state index contributed by atoms with van der Waals surface area (Å²) in [6.07, 6.45) is 1.03. The van der Waals surface area contributed by atoms with Crippen molar-refractivity contribution in [3.63, 3.8) is 0 Å². The second kappa shape index (κ2) is 9.03. The highest BCUT2D eigenvalue weighted by molar-refractivity contribution is 7.92. The molecule has 2 aromatic rings. The van der Waals surface area contributed by atoms with Gasteiger partial charge in [-0.2, -0.15) is 0 Å². The third-order valence-electron chi connectivity index (χ3n) is 4.21. The van der Waals surface area contributed by atoms with Crippen LogP contribution >= 0.6 is 23.2 Å². The quantitative estimate of drug-likeness (QED) is 0.698. The molecule has 1 amide bonds. The van der Waals surface area contributed by atoms with E-state index in [4.69, 9.17) is 27.9 Å². The highest BCUT2D eigenvalue weighted by atomic mass is 35.5. The van der Waals surface area contributed by atoms with E-state index in [-0.39, 0.29) is 16.8 Å². The van der Waals surface area contributed by atoms with Gasteiger partial charge in [0.15, 0.2) is 0 Å². The van der Waals surface area contributed by atoms with E-state index in [9.17, 15) is 13.2 Å². The Hall–Kier alpha value is -1.96. The fourth-order valence-corrected chi connectivity index (χ4v) is 4.33. The number of hydrogen-bond donors (Lipinski definition) is 1. The molecule has 6 nitrogen and oxygen atoms in total. The summed E-state index contributed by atoms with van der Waals surface area (Å²) in [6.45, 7) is 3.31. The lowest BCUT2D eigenvalue weighted by Crippen LogP contribution is -2.48. The molecule has 1 N–H and O–H groups in total. The van der Waals surface area contributed by atoms with E-state index in [1.165, 1.54) is 25.1 Å². The van der Waals surface area contributed by atoms with E-state index >= 15 is 0 Å². The van der Waals surface area contributed by atoms with Crippen LogP contribution < -0.4 is 14.4 Å². The molecule has 0 radical (unpaired) electrons. The summed E-state index contributed by atoms with van der Waals surface area (Å²) in [6, 6.07) is 10.3. The molecule has 0 fully saturated rings. The first-order valence-electron chi connectivity index (χ1n) is 8.44. The van der Waals surface area contributed by atoms with Gasteiger partial charge in [0, 0.05) is 5.56 Å². The molecule has 2 rings (SSSR count). The third kappa shape index (κ3) is 5.10. The summed E-state index contributed by atoms with van der Waals surface area (Å²) in [7, 11) is -2.21. The number of benzene rings is 2. The van der Waals surface area contributed by atoms with Crippen LogP contribution in [0.1, 0.15) is 25.5 Å². The molecular weight excluding hydrogens is 423 g/mol. The van der Waals surface area contributed by atoms with E-state index in [1.807, 2.05) is 18.2 Å². The van der Waals surface area contributed by atoms with E-state index in [1.54, 1.807) is 20.1 Å². The summed E-state index contributed by atoms with van der Waals surface area (Å²) < 4.78 is 31.1. The number of nitrogens with zero attached hydrogens (tertiary/aromatic N) is 1.